The number of likely N-dealkylation sites (tertiary alicyclic amines) is 2. The van der Waals surface area contributed by atoms with Crippen LogP contribution in [0.4, 0.5) is 23.2 Å². The van der Waals surface area contributed by atoms with Crippen molar-refractivity contribution < 1.29 is 27.2 Å². The van der Waals surface area contributed by atoms with Crippen molar-refractivity contribution in [3.63, 3.8) is 0 Å². The first kappa shape index (κ1) is 27.4. The van der Waals surface area contributed by atoms with E-state index in [2.05, 4.69) is 9.80 Å². The summed E-state index contributed by atoms with van der Waals surface area (Å²) in [4.78, 5) is 35.1. The lowest BCUT2D eigenvalue weighted by Crippen LogP contribution is -2.57. The summed E-state index contributed by atoms with van der Waals surface area (Å²) in [5.74, 6) is -0.539. The first-order valence-electron chi connectivity index (χ1n) is 13.6. The average Bonchev–Trinajstić information content (AvgIpc) is 3.23. The quantitative estimate of drug-likeness (QED) is 0.441. The van der Waals surface area contributed by atoms with Gasteiger partial charge in [-0.1, -0.05) is 24.6 Å². The van der Waals surface area contributed by atoms with Crippen LogP contribution in [0.5, 0.6) is 0 Å². The number of alkyl halides is 4. The molecule has 2 aromatic carbocycles. The number of benzene rings is 2. The number of carbonyl (C=O) groups excluding carboxylic acids is 2. The predicted molar refractivity (Wildman–Crippen MR) is 140 cm³/mol. The number of rotatable bonds is 7. The van der Waals surface area contributed by atoms with Crippen molar-refractivity contribution in [2.75, 3.05) is 50.8 Å². The van der Waals surface area contributed by atoms with Crippen molar-refractivity contribution in [3.05, 3.63) is 65.2 Å². The second-order valence-corrected chi connectivity index (χ2v) is 10.7. The Morgan fingerprint density at radius 1 is 0.821 bits per heavy atom. The fourth-order valence-corrected chi connectivity index (χ4v) is 6.13. The van der Waals surface area contributed by atoms with E-state index in [1.165, 1.54) is 24.2 Å². The summed E-state index contributed by atoms with van der Waals surface area (Å²) in [6.07, 6.45) is -1.60. The standard InChI is InChI=1S/C29H34F4N4O2/c30-25(31)21-17-22(26(32)33)19-23(18-21)27(38)35-13-9-29(10-14-35)28(39)36(16-15-34-11-5-2-6-12-34)20-37(29)24-7-3-1-4-8-24/h1,3-4,7-8,17-19,25-26H,2,5-6,9-16,20H2. The molecule has 2 amide bonds. The number of carbonyl (C=O) groups is 2. The molecular weight excluding hydrogens is 512 g/mol. The summed E-state index contributed by atoms with van der Waals surface area (Å²) < 4.78 is 53.4. The van der Waals surface area contributed by atoms with Gasteiger partial charge in [-0.25, -0.2) is 17.6 Å². The maximum atomic E-state index is 13.9. The van der Waals surface area contributed by atoms with Crippen molar-refractivity contribution >= 4 is 17.5 Å². The lowest BCUT2D eigenvalue weighted by Gasteiger charge is -2.43. The molecule has 0 saturated carbocycles. The van der Waals surface area contributed by atoms with E-state index in [4.69, 9.17) is 0 Å². The molecule has 0 bridgehead atoms. The van der Waals surface area contributed by atoms with Crippen molar-refractivity contribution in [2.45, 2.75) is 50.5 Å². The second kappa shape index (κ2) is 11.5. The zero-order valence-electron chi connectivity index (χ0n) is 21.9. The van der Waals surface area contributed by atoms with Crippen LogP contribution in [0, 0.1) is 0 Å². The normalized spacial score (nSPS) is 20.1. The number of anilines is 1. The number of hydrogen-bond acceptors (Lipinski definition) is 4. The van der Waals surface area contributed by atoms with E-state index >= 15 is 0 Å². The second-order valence-electron chi connectivity index (χ2n) is 10.7. The monoisotopic (exact) mass is 546 g/mol. The Balaban J connectivity index is 1.34. The SMILES string of the molecule is O=C(c1cc(C(F)F)cc(C(F)F)c1)N1CCC2(CC1)C(=O)N(CCN1CCCCC1)CN2c1ccccc1. The molecule has 10 heteroatoms. The van der Waals surface area contributed by atoms with E-state index in [9.17, 15) is 27.2 Å². The summed E-state index contributed by atoms with van der Waals surface area (Å²) in [7, 11) is 0. The summed E-state index contributed by atoms with van der Waals surface area (Å²) in [5.41, 5.74) is -1.28. The number of amides is 2. The minimum absolute atomic E-state index is 0.0372. The van der Waals surface area contributed by atoms with Gasteiger partial charge < -0.3 is 19.6 Å². The number of halogens is 4. The van der Waals surface area contributed by atoms with Gasteiger partial charge in [0.05, 0.1) is 6.67 Å². The fourth-order valence-electron chi connectivity index (χ4n) is 6.13. The molecule has 2 aromatic rings. The summed E-state index contributed by atoms with van der Waals surface area (Å²) in [6, 6.07) is 12.4. The average molecular weight is 547 g/mol. The van der Waals surface area contributed by atoms with E-state index in [1.54, 1.807) is 0 Å². The summed E-state index contributed by atoms with van der Waals surface area (Å²) in [6.45, 7) is 4.44. The van der Waals surface area contributed by atoms with Gasteiger partial charge >= 0.3 is 0 Å². The van der Waals surface area contributed by atoms with Crippen LogP contribution in [0.25, 0.3) is 0 Å². The zero-order valence-corrected chi connectivity index (χ0v) is 21.9. The molecule has 3 fully saturated rings. The van der Waals surface area contributed by atoms with Gasteiger partial charge in [0.15, 0.2) is 0 Å². The van der Waals surface area contributed by atoms with Crippen molar-refractivity contribution in [1.82, 2.24) is 14.7 Å². The van der Waals surface area contributed by atoms with Crippen LogP contribution < -0.4 is 4.90 Å². The van der Waals surface area contributed by atoms with Gasteiger partial charge in [-0.15, -0.1) is 0 Å². The molecule has 1 spiro atoms. The number of para-hydroxylation sites is 1. The maximum Gasteiger partial charge on any atom is 0.263 e. The Kier molecular flexibility index (Phi) is 8.11. The Hall–Kier alpha value is -3.14. The lowest BCUT2D eigenvalue weighted by atomic mass is 9.85. The Morgan fingerprint density at radius 3 is 2.03 bits per heavy atom. The third-order valence-electron chi connectivity index (χ3n) is 8.32. The van der Waals surface area contributed by atoms with E-state index < -0.39 is 35.4 Å². The zero-order chi connectivity index (χ0) is 27.6. The van der Waals surface area contributed by atoms with E-state index in [-0.39, 0.29) is 24.6 Å². The maximum absolute atomic E-state index is 13.9. The third-order valence-corrected chi connectivity index (χ3v) is 8.32. The highest BCUT2D eigenvalue weighted by molar-refractivity contribution is 5.96. The molecule has 0 aromatic heterocycles. The topological polar surface area (TPSA) is 47.1 Å². The highest BCUT2D eigenvalue weighted by Crippen LogP contribution is 2.40. The van der Waals surface area contributed by atoms with Crippen molar-refractivity contribution in [2.24, 2.45) is 0 Å². The summed E-state index contributed by atoms with van der Waals surface area (Å²) in [5, 5.41) is 0. The summed E-state index contributed by atoms with van der Waals surface area (Å²) >= 11 is 0. The van der Waals surface area contributed by atoms with Crippen LogP contribution in [0.3, 0.4) is 0 Å². The Labute approximate surface area is 226 Å². The molecule has 5 rings (SSSR count). The molecule has 39 heavy (non-hydrogen) atoms. The smallest absolute Gasteiger partial charge is 0.263 e. The van der Waals surface area contributed by atoms with E-state index in [1.807, 2.05) is 35.2 Å². The van der Waals surface area contributed by atoms with Gasteiger partial charge in [-0.2, -0.15) is 0 Å². The van der Waals surface area contributed by atoms with Gasteiger partial charge in [0.1, 0.15) is 5.54 Å². The van der Waals surface area contributed by atoms with Gasteiger partial charge in [-0.3, -0.25) is 9.59 Å². The first-order chi connectivity index (χ1) is 18.8. The van der Waals surface area contributed by atoms with E-state index in [0.717, 1.165) is 43.5 Å². The van der Waals surface area contributed by atoms with Crippen LogP contribution in [0.1, 0.15) is 66.4 Å². The highest BCUT2D eigenvalue weighted by atomic mass is 19.3. The highest BCUT2D eigenvalue weighted by Gasteiger charge is 2.54. The molecular formula is C29H34F4N4O2. The predicted octanol–water partition coefficient (Wildman–Crippen LogP) is 5.33. The minimum Gasteiger partial charge on any atom is -0.339 e. The lowest BCUT2D eigenvalue weighted by molar-refractivity contribution is -0.133. The van der Waals surface area contributed by atoms with Gasteiger partial charge in [0.2, 0.25) is 5.91 Å². The molecule has 0 unspecified atom stereocenters. The molecule has 0 N–H and O–H groups in total. The number of nitrogens with zero attached hydrogens (tertiary/aromatic N) is 4. The van der Waals surface area contributed by atoms with Crippen molar-refractivity contribution in [1.29, 1.82) is 0 Å². The Morgan fingerprint density at radius 2 is 1.44 bits per heavy atom. The molecule has 3 aliphatic rings. The molecule has 0 aliphatic carbocycles. The van der Waals surface area contributed by atoms with Gasteiger partial charge in [0, 0.05) is 48.6 Å². The largest absolute Gasteiger partial charge is 0.339 e. The van der Waals surface area contributed by atoms with Gasteiger partial charge in [-0.05, 0) is 69.1 Å². The number of hydrogen-bond donors (Lipinski definition) is 0. The Bertz CT molecular complexity index is 1140. The van der Waals surface area contributed by atoms with Crippen LogP contribution in [0.15, 0.2) is 48.5 Å². The molecule has 3 saturated heterocycles. The van der Waals surface area contributed by atoms with Crippen LogP contribution in [-0.4, -0.2) is 78.0 Å². The van der Waals surface area contributed by atoms with Crippen molar-refractivity contribution in [3.8, 4) is 0 Å². The minimum atomic E-state index is -2.97. The fraction of sp³-hybridized carbons (Fsp3) is 0.517. The number of piperidine rings is 2. The van der Waals surface area contributed by atoms with E-state index in [0.29, 0.717) is 26.1 Å². The molecule has 0 radical (unpaired) electrons. The van der Waals surface area contributed by atoms with Crippen LogP contribution in [0.2, 0.25) is 0 Å². The third kappa shape index (κ3) is 5.62. The van der Waals surface area contributed by atoms with Gasteiger partial charge in [0.25, 0.3) is 18.8 Å². The van der Waals surface area contributed by atoms with Crippen LogP contribution in [-0.2, 0) is 4.79 Å². The van der Waals surface area contributed by atoms with Crippen LogP contribution >= 0.6 is 0 Å². The molecule has 6 nitrogen and oxygen atoms in total. The molecule has 3 aliphatic heterocycles. The molecule has 210 valence electrons. The molecule has 0 atom stereocenters. The molecule has 3 heterocycles. The first-order valence-corrected chi connectivity index (χ1v) is 13.6.